The topological polar surface area (TPSA) is 68.2 Å². The second kappa shape index (κ2) is 12.4. The van der Waals surface area contributed by atoms with E-state index in [0.717, 1.165) is 55.5 Å². The van der Waals surface area contributed by atoms with Gasteiger partial charge in [-0.2, -0.15) is 0 Å². The zero-order chi connectivity index (χ0) is 23.6. The number of nitrogens with zero attached hydrogens (tertiary/aromatic N) is 2. The Morgan fingerprint density at radius 1 is 1.18 bits per heavy atom. The molecule has 1 unspecified atom stereocenters. The number of piperidine rings is 1. The highest BCUT2D eigenvalue weighted by atomic mass is 16.6. The van der Waals surface area contributed by atoms with Crippen LogP contribution in [0.5, 0.6) is 0 Å². The lowest BCUT2D eigenvalue weighted by Gasteiger charge is -2.30. The lowest BCUT2D eigenvalue weighted by atomic mass is 9.95. The molecule has 0 N–H and O–H groups in total. The molecule has 2 heterocycles. The first-order valence-electron chi connectivity index (χ1n) is 12.0. The van der Waals surface area contributed by atoms with Gasteiger partial charge in [0.15, 0.2) is 6.61 Å². The van der Waals surface area contributed by atoms with E-state index in [1.54, 1.807) is 0 Å². The number of aryl methyl sites for hydroxylation is 2. The minimum Gasteiger partial charge on any atom is -0.462 e. The highest BCUT2D eigenvalue weighted by molar-refractivity contribution is 6.00. The molecule has 0 aromatic heterocycles. The molecule has 0 spiro atoms. The number of allylic oxidation sites excluding steroid dienone is 3. The van der Waals surface area contributed by atoms with Gasteiger partial charge in [-0.3, -0.25) is 4.79 Å². The summed E-state index contributed by atoms with van der Waals surface area (Å²) in [6.07, 6.45) is 13.2. The average molecular weight is 453 g/mol. The first kappa shape index (κ1) is 24.7. The van der Waals surface area contributed by atoms with E-state index in [-0.39, 0.29) is 18.5 Å². The van der Waals surface area contributed by atoms with Crippen LogP contribution in [0.4, 0.5) is 0 Å². The highest BCUT2D eigenvalue weighted by Crippen LogP contribution is 2.21. The van der Waals surface area contributed by atoms with E-state index >= 15 is 0 Å². The van der Waals surface area contributed by atoms with Crippen molar-refractivity contribution in [1.82, 2.24) is 4.90 Å². The minimum absolute atomic E-state index is 0.0309. The van der Waals surface area contributed by atoms with Gasteiger partial charge in [-0.15, -0.1) is 0 Å². The summed E-state index contributed by atoms with van der Waals surface area (Å²) >= 11 is 0. The van der Waals surface area contributed by atoms with Crippen molar-refractivity contribution >= 4 is 17.6 Å². The molecule has 1 aromatic carbocycles. The minimum atomic E-state index is -0.313. The van der Waals surface area contributed by atoms with E-state index in [4.69, 9.17) is 9.57 Å². The van der Waals surface area contributed by atoms with Gasteiger partial charge in [-0.1, -0.05) is 48.0 Å². The molecule has 33 heavy (non-hydrogen) atoms. The summed E-state index contributed by atoms with van der Waals surface area (Å²) in [6, 6.07) is 3.99. The zero-order valence-electron chi connectivity index (χ0n) is 20.1. The van der Waals surface area contributed by atoms with Crippen LogP contribution in [0.15, 0.2) is 41.6 Å². The van der Waals surface area contributed by atoms with Crippen LogP contribution < -0.4 is 0 Å². The van der Waals surface area contributed by atoms with Crippen LogP contribution >= 0.6 is 0 Å². The lowest BCUT2D eigenvalue weighted by molar-refractivity contribution is -0.137. The molecule has 2 aliphatic heterocycles. The number of carbonyl (C=O) groups is 2. The Labute approximate surface area is 197 Å². The fraction of sp³-hybridized carbons (Fsp3) is 0.519. The second-order valence-electron chi connectivity index (χ2n) is 9.11. The number of likely N-dealkylation sites (tertiary alicyclic amines) is 1. The Balaban J connectivity index is 1.79. The normalized spacial score (nSPS) is 23.2. The Morgan fingerprint density at radius 2 is 1.97 bits per heavy atom. The smallest absolute Gasteiger partial charge is 0.338 e. The number of benzene rings is 1. The van der Waals surface area contributed by atoms with Gasteiger partial charge in [0.25, 0.3) is 5.91 Å². The van der Waals surface area contributed by atoms with Crippen molar-refractivity contribution in [3.63, 3.8) is 0 Å². The van der Waals surface area contributed by atoms with Crippen molar-refractivity contribution in [3.05, 3.63) is 58.7 Å². The summed E-state index contributed by atoms with van der Waals surface area (Å²) in [4.78, 5) is 32.7. The number of fused-ring (bicyclic) bond motifs is 1. The Morgan fingerprint density at radius 3 is 2.79 bits per heavy atom. The van der Waals surface area contributed by atoms with Gasteiger partial charge in [0.2, 0.25) is 0 Å². The van der Waals surface area contributed by atoms with Crippen molar-refractivity contribution in [2.75, 3.05) is 26.3 Å². The lowest BCUT2D eigenvalue weighted by Crippen LogP contribution is -2.40. The Hall–Kier alpha value is -2.89. The Kier molecular flexibility index (Phi) is 9.28. The molecule has 2 aliphatic rings. The largest absolute Gasteiger partial charge is 0.462 e. The van der Waals surface area contributed by atoms with Crippen molar-refractivity contribution in [3.8, 4) is 0 Å². The van der Waals surface area contributed by atoms with Gasteiger partial charge >= 0.3 is 5.97 Å². The number of hydrogen-bond acceptors (Lipinski definition) is 5. The first-order valence-corrected chi connectivity index (χ1v) is 12.0. The van der Waals surface area contributed by atoms with E-state index in [1.165, 1.54) is 0 Å². The molecule has 0 aliphatic carbocycles. The molecule has 1 atom stereocenters. The first-order chi connectivity index (χ1) is 15.9. The molecule has 1 aromatic rings. The van der Waals surface area contributed by atoms with Crippen molar-refractivity contribution in [2.24, 2.45) is 11.1 Å². The molecule has 0 radical (unpaired) electrons. The predicted octanol–water partition coefficient (Wildman–Crippen LogP) is 4.93. The molecule has 0 saturated carbocycles. The second-order valence-corrected chi connectivity index (χ2v) is 9.11. The van der Waals surface area contributed by atoms with E-state index in [1.807, 2.05) is 43.0 Å². The van der Waals surface area contributed by atoms with Crippen LogP contribution in [-0.2, 0) is 20.8 Å². The molecule has 1 fully saturated rings. The number of rotatable bonds is 3. The van der Waals surface area contributed by atoms with E-state index in [9.17, 15) is 9.59 Å². The molecule has 1 amide bonds. The summed E-state index contributed by atoms with van der Waals surface area (Å²) < 4.78 is 5.53. The number of carbonyl (C=O) groups excluding carboxylic acids is 2. The third-order valence-electron chi connectivity index (χ3n) is 6.01. The molecule has 1 saturated heterocycles. The molecule has 6 heteroatoms. The molecule has 6 nitrogen and oxygen atoms in total. The quantitative estimate of drug-likeness (QED) is 0.370. The fourth-order valence-electron chi connectivity index (χ4n) is 4.42. The summed E-state index contributed by atoms with van der Waals surface area (Å²) in [7, 11) is 0. The van der Waals surface area contributed by atoms with Crippen LogP contribution in [0.3, 0.4) is 0 Å². The van der Waals surface area contributed by atoms with Crippen molar-refractivity contribution in [2.45, 2.75) is 59.3 Å². The molecule has 178 valence electrons. The molecular weight excluding hydrogens is 416 g/mol. The van der Waals surface area contributed by atoms with E-state index in [0.29, 0.717) is 36.6 Å². The van der Waals surface area contributed by atoms with Crippen LogP contribution in [0.2, 0.25) is 0 Å². The van der Waals surface area contributed by atoms with Crippen LogP contribution in [0, 0.1) is 19.8 Å². The number of oxime groups is 1. The van der Waals surface area contributed by atoms with E-state index in [2.05, 4.69) is 24.2 Å². The average Bonchev–Trinajstić information content (AvgIpc) is 2.76. The number of amides is 1. The third-order valence-corrected chi connectivity index (χ3v) is 6.01. The number of hydrogen-bond donors (Lipinski definition) is 0. The van der Waals surface area contributed by atoms with E-state index < -0.39 is 0 Å². The maximum atomic E-state index is 12.8. The van der Waals surface area contributed by atoms with Gasteiger partial charge in [0.05, 0.1) is 17.9 Å². The van der Waals surface area contributed by atoms with Gasteiger partial charge < -0.3 is 14.5 Å². The SMILES string of the molecule is Cc1cc(C)c2c(c1)CC(=N\OCC(=O)N1CCCC(C)C1)/C=C/CC/C=C/CCOC2=O. The van der Waals surface area contributed by atoms with Gasteiger partial charge in [-0.25, -0.2) is 4.79 Å². The Bertz CT molecular complexity index is 932. The van der Waals surface area contributed by atoms with Gasteiger partial charge in [0.1, 0.15) is 0 Å². The third kappa shape index (κ3) is 7.58. The molecule has 3 rings (SSSR count). The summed E-state index contributed by atoms with van der Waals surface area (Å²) in [5.74, 6) is 0.177. The maximum Gasteiger partial charge on any atom is 0.338 e. The van der Waals surface area contributed by atoms with Crippen LogP contribution in [0.25, 0.3) is 0 Å². The molecular formula is C27H36N2O4. The number of cyclic esters (lactones) is 1. The summed E-state index contributed by atoms with van der Waals surface area (Å²) in [6.45, 7) is 7.95. The van der Waals surface area contributed by atoms with Crippen molar-refractivity contribution in [1.29, 1.82) is 0 Å². The highest BCUT2D eigenvalue weighted by Gasteiger charge is 2.21. The number of esters is 1. The monoisotopic (exact) mass is 452 g/mol. The summed E-state index contributed by atoms with van der Waals surface area (Å²) in [5.41, 5.74) is 4.07. The van der Waals surface area contributed by atoms with Crippen LogP contribution in [-0.4, -0.2) is 48.8 Å². The van der Waals surface area contributed by atoms with Gasteiger partial charge in [0, 0.05) is 19.5 Å². The number of ether oxygens (including phenoxy) is 1. The van der Waals surface area contributed by atoms with Gasteiger partial charge in [-0.05, 0) is 69.1 Å². The maximum absolute atomic E-state index is 12.8. The molecule has 0 bridgehead atoms. The fourth-order valence-corrected chi connectivity index (χ4v) is 4.42. The van der Waals surface area contributed by atoms with Crippen LogP contribution in [0.1, 0.15) is 66.1 Å². The zero-order valence-corrected chi connectivity index (χ0v) is 20.1. The van der Waals surface area contributed by atoms with Crippen molar-refractivity contribution < 1.29 is 19.2 Å². The summed E-state index contributed by atoms with van der Waals surface area (Å²) in [5, 5.41) is 4.30. The predicted molar refractivity (Wildman–Crippen MR) is 130 cm³/mol. The standard InChI is InChI=1S/C27H36N2O4/c1-20-11-10-13-29(18-20)25(30)19-33-28-24-12-8-6-4-5-7-9-14-32-27(31)26-22(3)15-21(2)16-23(26)17-24/h5,7-8,12,15-16,20H,4,6,9-11,13-14,17-19H2,1-3H3/b7-5+,12-8+,28-24-.